The van der Waals surface area contributed by atoms with E-state index in [2.05, 4.69) is 26.5 Å². The monoisotopic (exact) mass is 426 g/mol. The van der Waals surface area contributed by atoms with Crippen LogP contribution in [0.2, 0.25) is 5.02 Å². The van der Waals surface area contributed by atoms with Gasteiger partial charge in [-0.25, -0.2) is 4.99 Å². The van der Waals surface area contributed by atoms with Crippen molar-refractivity contribution in [1.29, 1.82) is 0 Å². The second kappa shape index (κ2) is 10.1. The van der Waals surface area contributed by atoms with Crippen molar-refractivity contribution in [1.82, 2.24) is 25.0 Å². The van der Waals surface area contributed by atoms with Crippen LogP contribution in [0.25, 0.3) is 0 Å². The van der Waals surface area contributed by atoms with Crippen LogP contribution >= 0.6 is 11.6 Å². The van der Waals surface area contributed by atoms with Gasteiger partial charge in [0.15, 0.2) is 11.8 Å². The lowest BCUT2D eigenvalue weighted by Gasteiger charge is -2.22. The highest BCUT2D eigenvalue weighted by atomic mass is 35.5. The van der Waals surface area contributed by atoms with Crippen LogP contribution in [0.3, 0.4) is 0 Å². The molecule has 0 aliphatic heterocycles. The lowest BCUT2D eigenvalue weighted by atomic mass is 10.2. The third-order valence-corrected chi connectivity index (χ3v) is 5.06. The van der Waals surface area contributed by atoms with E-state index in [0.717, 1.165) is 39.5 Å². The number of hydrogen-bond acceptors (Lipinski definition) is 4. The fourth-order valence-electron chi connectivity index (χ4n) is 2.96. The number of aryl methyl sites for hydroxylation is 1. The Morgan fingerprint density at radius 2 is 1.93 bits per heavy atom. The topological polar surface area (TPSA) is 67.6 Å². The molecule has 0 amide bonds. The number of nitrogens with zero attached hydrogens (tertiary/aromatic N) is 5. The van der Waals surface area contributed by atoms with Gasteiger partial charge in [0.1, 0.15) is 11.6 Å². The van der Waals surface area contributed by atoms with Gasteiger partial charge in [0.05, 0.1) is 20.2 Å². The summed E-state index contributed by atoms with van der Waals surface area (Å²) >= 11 is 6.14. The summed E-state index contributed by atoms with van der Waals surface area (Å²) in [6, 6.07) is 15.8. The summed E-state index contributed by atoms with van der Waals surface area (Å²) in [5.74, 6) is 3.32. The molecule has 158 valence electrons. The van der Waals surface area contributed by atoms with Crippen molar-refractivity contribution in [2.75, 3.05) is 14.2 Å². The molecule has 30 heavy (non-hydrogen) atoms. The Bertz CT molecular complexity index is 999. The van der Waals surface area contributed by atoms with Gasteiger partial charge in [-0.15, -0.1) is 10.2 Å². The molecule has 1 heterocycles. The van der Waals surface area contributed by atoms with Crippen molar-refractivity contribution in [2.24, 2.45) is 12.0 Å². The summed E-state index contributed by atoms with van der Waals surface area (Å²) in [6.45, 7) is 3.68. The number of hydrogen-bond donors (Lipinski definition) is 1. The zero-order valence-corrected chi connectivity index (χ0v) is 18.5. The molecule has 2 aromatic carbocycles. The molecule has 1 N–H and O–H groups in total. The zero-order chi connectivity index (χ0) is 21.5. The molecule has 0 saturated heterocycles. The third-order valence-electron chi connectivity index (χ3n) is 4.83. The zero-order valence-electron chi connectivity index (χ0n) is 17.8. The Morgan fingerprint density at radius 1 is 1.17 bits per heavy atom. The standard InChI is InChI=1S/C22H27ClN6O/c1-16-26-27-21(29(16)3)14-25-22(24-13-17-8-10-20(30-4)11-9-17)28(2)15-18-6-5-7-19(23)12-18/h5-12H,13-15H2,1-4H3,(H,24,25). The molecule has 0 atom stereocenters. The van der Waals surface area contributed by atoms with Crippen molar-refractivity contribution < 1.29 is 4.74 Å². The van der Waals surface area contributed by atoms with Gasteiger partial charge < -0.3 is 19.5 Å². The van der Waals surface area contributed by atoms with Gasteiger partial charge in [0.25, 0.3) is 0 Å². The largest absolute Gasteiger partial charge is 0.497 e. The summed E-state index contributed by atoms with van der Waals surface area (Å²) in [5, 5.41) is 12.5. The van der Waals surface area contributed by atoms with Crippen LogP contribution in [0.1, 0.15) is 22.8 Å². The molecular formula is C22H27ClN6O. The van der Waals surface area contributed by atoms with Gasteiger partial charge in [-0.2, -0.15) is 0 Å². The Morgan fingerprint density at radius 3 is 2.57 bits per heavy atom. The van der Waals surface area contributed by atoms with Gasteiger partial charge in [0, 0.05) is 25.7 Å². The Kier molecular flexibility index (Phi) is 7.30. The predicted octanol–water partition coefficient (Wildman–Crippen LogP) is 3.56. The normalized spacial score (nSPS) is 11.4. The van der Waals surface area contributed by atoms with Crippen LogP contribution < -0.4 is 10.1 Å². The molecule has 0 aliphatic carbocycles. The van der Waals surface area contributed by atoms with Crippen molar-refractivity contribution in [3.05, 3.63) is 76.3 Å². The first-order valence-corrected chi connectivity index (χ1v) is 10.1. The van der Waals surface area contributed by atoms with E-state index in [1.807, 2.05) is 68.1 Å². The molecule has 1 aromatic heterocycles. The number of aliphatic imine (C=N–C) groups is 1. The molecule has 0 radical (unpaired) electrons. The van der Waals surface area contributed by atoms with Crippen LogP contribution in [0.5, 0.6) is 5.75 Å². The number of ether oxygens (including phenoxy) is 1. The first-order chi connectivity index (χ1) is 14.5. The summed E-state index contributed by atoms with van der Waals surface area (Å²) in [4.78, 5) is 6.89. The van der Waals surface area contributed by atoms with E-state index in [1.165, 1.54) is 0 Å². The van der Waals surface area contributed by atoms with Crippen LogP contribution in [0.4, 0.5) is 0 Å². The SMILES string of the molecule is COc1ccc(CN=C(NCc2nnc(C)n2C)N(C)Cc2cccc(Cl)c2)cc1. The van der Waals surface area contributed by atoms with Crippen molar-refractivity contribution in [2.45, 2.75) is 26.6 Å². The maximum atomic E-state index is 6.14. The number of methoxy groups -OCH3 is 1. The lowest BCUT2D eigenvalue weighted by Crippen LogP contribution is -2.38. The quantitative estimate of drug-likeness (QED) is 0.462. The molecule has 7 nitrogen and oxygen atoms in total. The molecule has 0 fully saturated rings. The number of aromatic nitrogens is 3. The van der Waals surface area contributed by atoms with Gasteiger partial charge in [-0.3, -0.25) is 0 Å². The fraction of sp³-hybridized carbons (Fsp3) is 0.318. The molecule has 0 unspecified atom stereocenters. The van der Waals surface area contributed by atoms with E-state index in [9.17, 15) is 0 Å². The number of rotatable bonds is 7. The van der Waals surface area contributed by atoms with E-state index in [4.69, 9.17) is 21.3 Å². The highest BCUT2D eigenvalue weighted by molar-refractivity contribution is 6.30. The fourth-order valence-corrected chi connectivity index (χ4v) is 3.17. The average molecular weight is 427 g/mol. The van der Waals surface area contributed by atoms with Crippen LogP contribution in [-0.4, -0.2) is 39.8 Å². The molecule has 0 spiro atoms. The van der Waals surface area contributed by atoms with E-state index in [1.54, 1.807) is 7.11 Å². The van der Waals surface area contributed by atoms with Gasteiger partial charge in [0.2, 0.25) is 0 Å². The Balaban J connectivity index is 1.76. The number of guanidine groups is 1. The minimum atomic E-state index is 0.526. The highest BCUT2D eigenvalue weighted by Crippen LogP contribution is 2.14. The first kappa shape index (κ1) is 21.6. The summed E-state index contributed by atoms with van der Waals surface area (Å²) in [5.41, 5.74) is 2.21. The molecule has 3 aromatic rings. The van der Waals surface area contributed by atoms with Crippen LogP contribution in [0.15, 0.2) is 53.5 Å². The van der Waals surface area contributed by atoms with Crippen molar-refractivity contribution >= 4 is 17.6 Å². The van der Waals surface area contributed by atoms with E-state index in [0.29, 0.717) is 19.6 Å². The van der Waals surface area contributed by atoms with Gasteiger partial charge in [-0.05, 0) is 42.3 Å². The van der Waals surface area contributed by atoms with Crippen molar-refractivity contribution in [3.63, 3.8) is 0 Å². The highest BCUT2D eigenvalue weighted by Gasteiger charge is 2.11. The third kappa shape index (κ3) is 5.73. The Hall–Kier alpha value is -3.06. The lowest BCUT2D eigenvalue weighted by molar-refractivity contribution is 0.414. The minimum Gasteiger partial charge on any atom is -0.497 e. The smallest absolute Gasteiger partial charge is 0.194 e. The molecular weight excluding hydrogens is 400 g/mol. The van der Waals surface area contributed by atoms with Gasteiger partial charge in [-0.1, -0.05) is 35.9 Å². The minimum absolute atomic E-state index is 0.526. The molecule has 8 heteroatoms. The molecule has 0 saturated carbocycles. The maximum Gasteiger partial charge on any atom is 0.194 e. The summed E-state index contributed by atoms with van der Waals surface area (Å²) in [7, 11) is 5.62. The maximum absolute atomic E-state index is 6.14. The van der Waals surface area contributed by atoms with Gasteiger partial charge >= 0.3 is 0 Å². The van der Waals surface area contributed by atoms with E-state index in [-0.39, 0.29) is 0 Å². The number of nitrogens with one attached hydrogen (secondary N) is 1. The second-order valence-electron chi connectivity index (χ2n) is 7.05. The number of benzene rings is 2. The second-order valence-corrected chi connectivity index (χ2v) is 7.49. The van der Waals surface area contributed by atoms with Crippen molar-refractivity contribution in [3.8, 4) is 5.75 Å². The predicted molar refractivity (Wildman–Crippen MR) is 120 cm³/mol. The van der Waals surface area contributed by atoms with E-state index >= 15 is 0 Å². The Labute approximate surface area is 182 Å². The van der Waals surface area contributed by atoms with Crippen LogP contribution in [0, 0.1) is 6.92 Å². The summed E-state index contributed by atoms with van der Waals surface area (Å²) in [6.07, 6.45) is 0. The van der Waals surface area contributed by atoms with E-state index < -0.39 is 0 Å². The molecule has 0 bridgehead atoms. The average Bonchev–Trinajstić information content (AvgIpc) is 3.06. The molecule has 0 aliphatic rings. The molecule has 3 rings (SSSR count). The summed E-state index contributed by atoms with van der Waals surface area (Å²) < 4.78 is 7.19. The van der Waals surface area contributed by atoms with Crippen LogP contribution in [-0.2, 0) is 26.7 Å². The first-order valence-electron chi connectivity index (χ1n) is 9.68. The number of halogens is 1.